The molecule has 1 atom stereocenters. The first-order valence-corrected chi connectivity index (χ1v) is 5.39. The first-order chi connectivity index (χ1) is 8.81. The summed E-state index contributed by atoms with van der Waals surface area (Å²) in [7, 11) is 0. The van der Waals surface area contributed by atoms with E-state index >= 15 is 0 Å². The molecular weight excluding hydrogens is 255 g/mol. The maximum Gasteiger partial charge on any atom is 0.326 e. The van der Waals surface area contributed by atoms with Crippen molar-refractivity contribution in [2.45, 2.75) is 19.4 Å². The third kappa shape index (κ3) is 4.06. The first-order valence-electron chi connectivity index (χ1n) is 5.39. The number of carboxylic acids is 1. The smallest absolute Gasteiger partial charge is 0.326 e. The SMILES string of the molecule is Cc1ccc(F)c(C(=O)NC(CC(N)=O)C(=O)O)c1. The Morgan fingerprint density at radius 1 is 1.42 bits per heavy atom. The molecule has 0 aromatic heterocycles. The Morgan fingerprint density at radius 2 is 2.05 bits per heavy atom. The molecule has 6 nitrogen and oxygen atoms in total. The molecule has 102 valence electrons. The zero-order valence-corrected chi connectivity index (χ0v) is 10.1. The highest BCUT2D eigenvalue weighted by molar-refractivity contribution is 5.97. The van der Waals surface area contributed by atoms with Crippen molar-refractivity contribution in [3.05, 3.63) is 35.1 Å². The molecule has 0 bridgehead atoms. The molecule has 0 aliphatic heterocycles. The molecule has 0 radical (unpaired) electrons. The van der Waals surface area contributed by atoms with Gasteiger partial charge in [-0.15, -0.1) is 0 Å². The number of carbonyl (C=O) groups is 3. The van der Waals surface area contributed by atoms with Gasteiger partial charge in [-0.2, -0.15) is 0 Å². The maximum absolute atomic E-state index is 13.4. The van der Waals surface area contributed by atoms with Crippen LogP contribution in [-0.2, 0) is 9.59 Å². The predicted octanol–water partition coefficient (Wildman–Crippen LogP) is 0.193. The molecule has 0 heterocycles. The molecule has 0 fully saturated rings. The van der Waals surface area contributed by atoms with Gasteiger partial charge in [0.1, 0.15) is 11.9 Å². The van der Waals surface area contributed by atoms with Crippen LogP contribution < -0.4 is 11.1 Å². The van der Waals surface area contributed by atoms with Crippen LogP contribution in [0.1, 0.15) is 22.3 Å². The molecule has 4 N–H and O–H groups in total. The second-order valence-electron chi connectivity index (χ2n) is 4.02. The second kappa shape index (κ2) is 5.94. The fourth-order valence-corrected chi connectivity index (χ4v) is 1.45. The van der Waals surface area contributed by atoms with Crippen molar-refractivity contribution in [3.63, 3.8) is 0 Å². The highest BCUT2D eigenvalue weighted by Crippen LogP contribution is 2.10. The van der Waals surface area contributed by atoms with Crippen molar-refractivity contribution in [2.75, 3.05) is 0 Å². The van der Waals surface area contributed by atoms with Crippen molar-refractivity contribution >= 4 is 17.8 Å². The van der Waals surface area contributed by atoms with Crippen LogP contribution in [0, 0.1) is 12.7 Å². The lowest BCUT2D eigenvalue weighted by molar-refractivity contribution is -0.140. The minimum absolute atomic E-state index is 0.282. The van der Waals surface area contributed by atoms with Crippen LogP contribution in [0.3, 0.4) is 0 Å². The largest absolute Gasteiger partial charge is 0.480 e. The Labute approximate surface area is 108 Å². The number of aryl methyl sites for hydroxylation is 1. The number of carboxylic acid groups (broad SMARTS) is 1. The summed E-state index contributed by atoms with van der Waals surface area (Å²) in [5, 5.41) is 10.9. The number of halogens is 1. The monoisotopic (exact) mass is 268 g/mol. The van der Waals surface area contributed by atoms with Gasteiger partial charge in [0.05, 0.1) is 12.0 Å². The van der Waals surface area contributed by atoms with E-state index in [0.29, 0.717) is 5.56 Å². The zero-order valence-electron chi connectivity index (χ0n) is 10.1. The zero-order chi connectivity index (χ0) is 14.6. The van der Waals surface area contributed by atoms with Gasteiger partial charge in [-0.1, -0.05) is 11.6 Å². The van der Waals surface area contributed by atoms with Gasteiger partial charge in [-0.25, -0.2) is 9.18 Å². The van der Waals surface area contributed by atoms with Crippen LogP contribution >= 0.6 is 0 Å². The van der Waals surface area contributed by atoms with E-state index in [1.54, 1.807) is 6.92 Å². The maximum atomic E-state index is 13.4. The van der Waals surface area contributed by atoms with Gasteiger partial charge in [-0.3, -0.25) is 9.59 Å². The van der Waals surface area contributed by atoms with Crippen LogP contribution in [0.2, 0.25) is 0 Å². The summed E-state index contributed by atoms with van der Waals surface area (Å²) in [5.41, 5.74) is 5.24. The number of aliphatic carboxylic acids is 1. The quantitative estimate of drug-likeness (QED) is 0.708. The van der Waals surface area contributed by atoms with Gasteiger partial charge in [-0.05, 0) is 19.1 Å². The van der Waals surface area contributed by atoms with E-state index in [2.05, 4.69) is 5.32 Å². The third-order valence-electron chi connectivity index (χ3n) is 2.38. The van der Waals surface area contributed by atoms with E-state index in [4.69, 9.17) is 10.8 Å². The average Bonchev–Trinajstić information content (AvgIpc) is 2.30. The van der Waals surface area contributed by atoms with Crippen LogP contribution in [0.5, 0.6) is 0 Å². The van der Waals surface area contributed by atoms with Crippen molar-refractivity contribution in [1.82, 2.24) is 5.32 Å². The first kappa shape index (κ1) is 14.6. The van der Waals surface area contributed by atoms with Crippen molar-refractivity contribution < 1.29 is 23.9 Å². The normalized spacial score (nSPS) is 11.7. The number of nitrogens with one attached hydrogen (secondary N) is 1. The number of hydrogen-bond donors (Lipinski definition) is 3. The summed E-state index contributed by atoms with van der Waals surface area (Å²) in [6, 6.07) is 2.39. The van der Waals surface area contributed by atoms with Crippen molar-refractivity contribution in [3.8, 4) is 0 Å². The number of carbonyl (C=O) groups excluding carboxylic acids is 2. The van der Waals surface area contributed by atoms with Crippen LogP contribution in [0.15, 0.2) is 18.2 Å². The molecule has 0 spiro atoms. The Balaban J connectivity index is 2.90. The molecule has 7 heteroatoms. The highest BCUT2D eigenvalue weighted by atomic mass is 19.1. The number of primary amides is 1. The van der Waals surface area contributed by atoms with E-state index < -0.39 is 36.1 Å². The van der Waals surface area contributed by atoms with E-state index in [9.17, 15) is 18.8 Å². The topological polar surface area (TPSA) is 109 Å². The fraction of sp³-hybridized carbons (Fsp3) is 0.250. The van der Waals surface area contributed by atoms with Crippen LogP contribution in [-0.4, -0.2) is 28.9 Å². The molecule has 2 amide bonds. The van der Waals surface area contributed by atoms with Crippen LogP contribution in [0.25, 0.3) is 0 Å². The highest BCUT2D eigenvalue weighted by Gasteiger charge is 2.24. The van der Waals surface area contributed by atoms with Gasteiger partial charge >= 0.3 is 5.97 Å². The number of nitrogens with two attached hydrogens (primary N) is 1. The van der Waals surface area contributed by atoms with E-state index in [1.807, 2.05) is 0 Å². The molecule has 0 saturated heterocycles. The molecule has 1 unspecified atom stereocenters. The van der Waals surface area contributed by atoms with Gasteiger partial charge in [0.2, 0.25) is 5.91 Å². The predicted molar refractivity (Wildman–Crippen MR) is 63.8 cm³/mol. The minimum Gasteiger partial charge on any atom is -0.480 e. The van der Waals surface area contributed by atoms with Gasteiger partial charge < -0.3 is 16.2 Å². The Kier molecular flexibility index (Phi) is 4.57. The standard InChI is InChI=1S/C12H13FN2O4/c1-6-2-3-8(13)7(4-6)11(17)15-9(12(18)19)5-10(14)16/h2-4,9H,5H2,1H3,(H2,14,16)(H,15,17)(H,18,19). The summed E-state index contributed by atoms with van der Waals surface area (Å²) in [6.07, 6.45) is -0.561. The number of rotatable bonds is 5. The summed E-state index contributed by atoms with van der Waals surface area (Å²) >= 11 is 0. The van der Waals surface area contributed by atoms with E-state index in [0.717, 1.165) is 6.07 Å². The molecule has 1 aromatic rings. The van der Waals surface area contributed by atoms with Gasteiger partial charge in [0.15, 0.2) is 0 Å². The molecule has 0 aliphatic rings. The van der Waals surface area contributed by atoms with Gasteiger partial charge in [0, 0.05) is 0 Å². The number of benzene rings is 1. The molecule has 1 aromatic carbocycles. The third-order valence-corrected chi connectivity index (χ3v) is 2.38. The Morgan fingerprint density at radius 3 is 2.58 bits per heavy atom. The van der Waals surface area contributed by atoms with Crippen molar-refractivity contribution in [2.24, 2.45) is 5.73 Å². The molecule has 0 aliphatic carbocycles. The van der Waals surface area contributed by atoms with Gasteiger partial charge in [0.25, 0.3) is 5.91 Å². The van der Waals surface area contributed by atoms with E-state index in [1.165, 1.54) is 12.1 Å². The summed E-state index contributed by atoms with van der Waals surface area (Å²) in [6.45, 7) is 1.66. The fourth-order valence-electron chi connectivity index (χ4n) is 1.45. The van der Waals surface area contributed by atoms with E-state index in [-0.39, 0.29) is 5.56 Å². The number of hydrogen-bond acceptors (Lipinski definition) is 3. The lowest BCUT2D eigenvalue weighted by atomic mass is 10.1. The Hall–Kier alpha value is -2.44. The van der Waals surface area contributed by atoms with Crippen molar-refractivity contribution in [1.29, 1.82) is 0 Å². The second-order valence-corrected chi connectivity index (χ2v) is 4.02. The number of amides is 2. The average molecular weight is 268 g/mol. The molecular formula is C12H13FN2O4. The Bertz CT molecular complexity index is 530. The minimum atomic E-state index is -1.48. The summed E-state index contributed by atoms with van der Waals surface area (Å²) in [4.78, 5) is 33.3. The van der Waals surface area contributed by atoms with Crippen LogP contribution in [0.4, 0.5) is 4.39 Å². The molecule has 1 rings (SSSR count). The lowest BCUT2D eigenvalue weighted by Gasteiger charge is -2.13. The summed E-state index contributed by atoms with van der Waals surface area (Å²) < 4.78 is 13.4. The lowest BCUT2D eigenvalue weighted by Crippen LogP contribution is -2.43. The molecule has 0 saturated carbocycles. The summed E-state index contributed by atoms with van der Waals surface area (Å²) in [5.74, 6) is -3.97. The molecule has 19 heavy (non-hydrogen) atoms.